The second kappa shape index (κ2) is 8.75. The van der Waals surface area contributed by atoms with Crippen LogP contribution >= 0.6 is 23.1 Å². The van der Waals surface area contributed by atoms with Crippen LogP contribution in [0.1, 0.15) is 52.7 Å². The van der Waals surface area contributed by atoms with Crippen LogP contribution in [0.3, 0.4) is 0 Å². The molecule has 1 aromatic carbocycles. The largest absolute Gasteiger partial charge is 0.332 e. The molecule has 3 heterocycles. The number of para-hydroxylation sites is 1. The van der Waals surface area contributed by atoms with Crippen molar-refractivity contribution in [3.8, 4) is 6.07 Å². The number of aryl methyl sites for hydroxylation is 1. The van der Waals surface area contributed by atoms with E-state index >= 15 is 0 Å². The van der Waals surface area contributed by atoms with Crippen molar-refractivity contribution in [1.82, 2.24) is 14.9 Å². The van der Waals surface area contributed by atoms with Gasteiger partial charge in [0.25, 0.3) is 0 Å². The molecule has 0 spiro atoms. The number of benzene rings is 1. The van der Waals surface area contributed by atoms with Crippen LogP contribution in [-0.4, -0.2) is 33.1 Å². The number of piperidine rings is 1. The third kappa shape index (κ3) is 3.94. The monoisotopic (exact) mass is 436 g/mol. The average Bonchev–Trinajstić information content (AvgIpc) is 3.20. The van der Waals surface area contributed by atoms with E-state index in [1.807, 2.05) is 43.9 Å². The van der Waals surface area contributed by atoms with Gasteiger partial charge in [-0.15, -0.1) is 11.3 Å². The summed E-state index contributed by atoms with van der Waals surface area (Å²) in [5.74, 6) is 0.371. The molecule has 1 amide bonds. The highest BCUT2D eigenvalue weighted by Gasteiger charge is 2.30. The van der Waals surface area contributed by atoms with Gasteiger partial charge in [0.05, 0.1) is 27.6 Å². The Kier molecular flexibility index (Phi) is 6.07. The average molecular weight is 437 g/mol. The summed E-state index contributed by atoms with van der Waals surface area (Å²) in [5, 5.41) is 11.3. The van der Waals surface area contributed by atoms with Crippen LogP contribution in [0.2, 0.25) is 0 Å². The van der Waals surface area contributed by atoms with Crippen LogP contribution in [0.25, 0.3) is 10.2 Å². The van der Waals surface area contributed by atoms with E-state index < -0.39 is 0 Å². The van der Waals surface area contributed by atoms with Crippen LogP contribution in [0, 0.1) is 32.1 Å². The van der Waals surface area contributed by atoms with E-state index in [0.29, 0.717) is 10.6 Å². The molecule has 1 aliphatic heterocycles. The van der Waals surface area contributed by atoms with E-state index in [2.05, 4.69) is 17.1 Å². The minimum absolute atomic E-state index is 0.0362. The summed E-state index contributed by atoms with van der Waals surface area (Å²) < 4.78 is 1.16. The summed E-state index contributed by atoms with van der Waals surface area (Å²) in [6.07, 6.45) is 3.07. The quantitative estimate of drug-likeness (QED) is 0.517. The van der Waals surface area contributed by atoms with E-state index in [1.54, 1.807) is 11.3 Å². The van der Waals surface area contributed by atoms with E-state index in [4.69, 9.17) is 4.98 Å². The molecule has 7 heteroatoms. The topological polar surface area (TPSA) is 69.9 Å². The van der Waals surface area contributed by atoms with Crippen molar-refractivity contribution in [2.24, 2.45) is 0 Å². The molecule has 2 aromatic heterocycles. The lowest BCUT2D eigenvalue weighted by molar-refractivity contribution is -0.132. The van der Waals surface area contributed by atoms with Gasteiger partial charge in [0.2, 0.25) is 5.91 Å². The number of amides is 1. The maximum absolute atomic E-state index is 13.2. The molecule has 0 saturated carbocycles. The Morgan fingerprint density at radius 3 is 2.80 bits per heavy atom. The Hall–Kier alpha value is -2.43. The summed E-state index contributed by atoms with van der Waals surface area (Å²) in [4.78, 5) is 24.6. The first-order chi connectivity index (χ1) is 14.5. The number of hydrogen-bond donors (Lipinski definition) is 0. The zero-order chi connectivity index (χ0) is 21.3. The van der Waals surface area contributed by atoms with Gasteiger partial charge >= 0.3 is 0 Å². The molecule has 0 N–H and O–H groups in total. The number of nitriles is 1. The molecule has 30 heavy (non-hydrogen) atoms. The number of rotatable bonds is 4. The van der Waals surface area contributed by atoms with Gasteiger partial charge in [-0.3, -0.25) is 4.79 Å². The van der Waals surface area contributed by atoms with Crippen molar-refractivity contribution in [1.29, 1.82) is 5.26 Å². The molecule has 0 bridgehead atoms. The fourth-order valence-corrected chi connectivity index (χ4v) is 5.97. The molecule has 1 unspecified atom stereocenters. The number of hydrogen-bond acceptors (Lipinski definition) is 6. The zero-order valence-electron chi connectivity index (χ0n) is 17.4. The Labute approximate surface area is 185 Å². The number of carbonyl (C=O) groups is 1. The first kappa shape index (κ1) is 20.8. The van der Waals surface area contributed by atoms with Crippen LogP contribution in [-0.2, 0) is 4.79 Å². The Morgan fingerprint density at radius 1 is 1.23 bits per heavy atom. The molecule has 1 atom stereocenters. The lowest BCUT2D eigenvalue weighted by Gasteiger charge is -2.34. The normalized spacial score (nSPS) is 16.6. The molecule has 1 aliphatic rings. The second-order valence-electron chi connectivity index (χ2n) is 7.65. The fourth-order valence-electron chi connectivity index (χ4n) is 3.88. The molecular weight excluding hydrogens is 412 g/mol. The van der Waals surface area contributed by atoms with Crippen molar-refractivity contribution in [2.45, 2.75) is 51.1 Å². The molecule has 154 valence electrons. The number of pyridine rings is 1. The van der Waals surface area contributed by atoms with Crippen LogP contribution < -0.4 is 0 Å². The first-order valence-electron chi connectivity index (χ1n) is 10.1. The highest BCUT2D eigenvalue weighted by Crippen LogP contribution is 2.36. The van der Waals surface area contributed by atoms with Gasteiger partial charge in [-0.25, -0.2) is 9.97 Å². The van der Waals surface area contributed by atoms with Crippen molar-refractivity contribution >= 4 is 39.2 Å². The third-order valence-corrected chi connectivity index (χ3v) is 7.92. The van der Waals surface area contributed by atoms with Crippen molar-refractivity contribution in [3.05, 3.63) is 51.7 Å². The number of thiazole rings is 1. The lowest BCUT2D eigenvalue weighted by Crippen LogP contribution is -2.39. The molecule has 1 saturated heterocycles. The number of fused-ring (bicyclic) bond motifs is 1. The Bertz CT molecular complexity index is 1120. The summed E-state index contributed by atoms with van der Waals surface area (Å²) in [6, 6.07) is 10.4. The highest BCUT2D eigenvalue weighted by molar-refractivity contribution is 8.00. The third-order valence-electron chi connectivity index (χ3n) is 5.83. The van der Waals surface area contributed by atoms with Gasteiger partial charge in [-0.05, 0) is 63.3 Å². The molecular formula is C23H24N4OS2. The first-order valence-corrected chi connectivity index (χ1v) is 12.0. The van der Waals surface area contributed by atoms with Crippen molar-refractivity contribution < 1.29 is 4.79 Å². The number of thioether (sulfide) groups is 1. The summed E-state index contributed by atoms with van der Waals surface area (Å²) in [5.41, 5.74) is 4.47. The van der Waals surface area contributed by atoms with Gasteiger partial charge in [-0.2, -0.15) is 5.26 Å². The van der Waals surface area contributed by atoms with Crippen molar-refractivity contribution in [2.75, 3.05) is 12.3 Å². The SMILES string of the molecule is Cc1nc(SCC(=O)N2CCCCC2c2nc3ccccc3s2)c(C#N)c(C)c1C. The predicted molar refractivity (Wildman–Crippen MR) is 122 cm³/mol. The number of likely N-dealkylation sites (tertiary alicyclic amines) is 1. The van der Waals surface area contributed by atoms with E-state index in [9.17, 15) is 10.1 Å². The molecule has 4 rings (SSSR count). The number of carbonyl (C=O) groups excluding carboxylic acids is 1. The minimum atomic E-state index is 0.0362. The summed E-state index contributed by atoms with van der Waals surface area (Å²) >= 11 is 3.05. The fraction of sp³-hybridized carbons (Fsp3) is 0.391. The molecule has 3 aromatic rings. The minimum Gasteiger partial charge on any atom is -0.332 e. The standard InChI is InChI=1S/C23H24N4OS2/c1-14-15(2)17(12-24)22(25-16(14)3)29-13-21(28)27-11-7-6-9-19(27)23-26-18-8-4-5-10-20(18)30-23/h4-5,8,10,19H,6-7,9,11,13H2,1-3H3. The smallest absolute Gasteiger partial charge is 0.233 e. The van der Waals surface area contributed by atoms with Gasteiger partial charge in [0, 0.05) is 12.2 Å². The maximum atomic E-state index is 13.2. The van der Waals surface area contributed by atoms with Gasteiger partial charge in [0.15, 0.2) is 0 Å². The van der Waals surface area contributed by atoms with Crippen LogP contribution in [0.15, 0.2) is 29.3 Å². The lowest BCUT2D eigenvalue weighted by atomic mass is 10.0. The van der Waals surface area contributed by atoms with Crippen LogP contribution in [0.5, 0.6) is 0 Å². The summed E-state index contributed by atoms with van der Waals surface area (Å²) in [6.45, 7) is 6.63. The number of nitrogens with zero attached hydrogens (tertiary/aromatic N) is 4. The Morgan fingerprint density at radius 2 is 2.03 bits per heavy atom. The summed E-state index contributed by atoms with van der Waals surface area (Å²) in [7, 11) is 0. The van der Waals surface area contributed by atoms with E-state index in [0.717, 1.165) is 57.9 Å². The molecule has 0 aliphatic carbocycles. The second-order valence-corrected chi connectivity index (χ2v) is 9.67. The molecule has 5 nitrogen and oxygen atoms in total. The Balaban J connectivity index is 1.54. The van der Waals surface area contributed by atoms with Gasteiger partial charge in [0.1, 0.15) is 16.1 Å². The van der Waals surface area contributed by atoms with E-state index in [-0.39, 0.29) is 17.7 Å². The predicted octanol–water partition coefficient (Wildman–Crippen LogP) is 5.33. The van der Waals surface area contributed by atoms with Crippen LogP contribution in [0.4, 0.5) is 0 Å². The van der Waals surface area contributed by atoms with E-state index in [1.165, 1.54) is 11.8 Å². The highest BCUT2D eigenvalue weighted by atomic mass is 32.2. The van der Waals surface area contributed by atoms with Crippen molar-refractivity contribution in [3.63, 3.8) is 0 Å². The number of aromatic nitrogens is 2. The molecule has 0 radical (unpaired) electrons. The zero-order valence-corrected chi connectivity index (χ0v) is 19.1. The van der Waals surface area contributed by atoms with Gasteiger partial charge < -0.3 is 4.90 Å². The van der Waals surface area contributed by atoms with Gasteiger partial charge in [-0.1, -0.05) is 23.9 Å². The maximum Gasteiger partial charge on any atom is 0.233 e. The molecule has 1 fully saturated rings.